The summed E-state index contributed by atoms with van der Waals surface area (Å²) in [6.45, 7) is 0.492. The molecule has 0 bridgehead atoms. The van der Waals surface area contributed by atoms with Crippen molar-refractivity contribution in [3.63, 3.8) is 0 Å². The number of hydrogen-bond acceptors (Lipinski definition) is 7. The SMILES string of the molecule is N#CC(=Cc1cccc(Br)n1)C(=O)NC1(c2ccc(COC(=O)CCCCCN3C(=O)C=CC3=O)cc2)CCCC1. The van der Waals surface area contributed by atoms with Crippen LogP contribution in [0.15, 0.2) is 64.8 Å². The number of carbonyl (C=O) groups is 4. The van der Waals surface area contributed by atoms with Crippen LogP contribution >= 0.6 is 15.9 Å². The number of nitrogens with one attached hydrogen (secondary N) is 1. The maximum absolute atomic E-state index is 13.1. The Morgan fingerprint density at radius 2 is 1.76 bits per heavy atom. The Morgan fingerprint density at radius 1 is 1.05 bits per heavy atom. The van der Waals surface area contributed by atoms with Crippen LogP contribution < -0.4 is 5.32 Å². The van der Waals surface area contributed by atoms with Gasteiger partial charge in [-0.3, -0.25) is 24.1 Å². The topological polar surface area (TPSA) is 129 Å². The summed E-state index contributed by atoms with van der Waals surface area (Å²) in [5, 5.41) is 12.8. The first-order chi connectivity index (χ1) is 19.8. The van der Waals surface area contributed by atoms with E-state index in [1.807, 2.05) is 30.3 Å². The molecule has 2 heterocycles. The Hall–Kier alpha value is -4.10. The summed E-state index contributed by atoms with van der Waals surface area (Å²) in [7, 11) is 0. The average molecular weight is 620 g/mol. The summed E-state index contributed by atoms with van der Waals surface area (Å²) in [5.74, 6) is -1.33. The molecule has 3 amide bonds. The number of rotatable bonds is 12. The molecular formula is C31H31BrN4O5. The molecule has 1 aliphatic heterocycles. The molecule has 2 aromatic rings. The number of amides is 3. The summed E-state index contributed by atoms with van der Waals surface area (Å²) < 4.78 is 6.03. The van der Waals surface area contributed by atoms with E-state index in [4.69, 9.17) is 4.74 Å². The highest BCUT2D eigenvalue weighted by Crippen LogP contribution is 2.39. The first-order valence-electron chi connectivity index (χ1n) is 13.7. The third-order valence-corrected chi connectivity index (χ3v) is 7.72. The molecule has 1 aromatic heterocycles. The molecule has 10 heteroatoms. The van der Waals surface area contributed by atoms with Gasteiger partial charge in [0.2, 0.25) is 0 Å². The molecule has 0 unspecified atom stereocenters. The van der Waals surface area contributed by atoms with E-state index in [0.717, 1.165) is 36.8 Å². The summed E-state index contributed by atoms with van der Waals surface area (Å²) in [6, 6.07) is 14.9. The standard InChI is InChI=1S/C31H31BrN4O5/c32-26-8-6-7-25(34-26)19-23(20-33)30(40)35-31(16-3-4-17-31)24-12-10-22(11-13-24)21-41-29(39)9-2-1-5-18-36-27(37)14-15-28(36)38/h6-8,10-15,19H,1-5,9,16-18,21H2,(H,35,40). The number of carbonyl (C=O) groups excluding carboxylic acids is 4. The number of nitrogens with zero attached hydrogens (tertiary/aromatic N) is 3. The number of esters is 1. The smallest absolute Gasteiger partial charge is 0.306 e. The monoisotopic (exact) mass is 618 g/mol. The second-order valence-corrected chi connectivity index (χ2v) is 10.9. The van der Waals surface area contributed by atoms with Gasteiger partial charge in [-0.1, -0.05) is 49.6 Å². The van der Waals surface area contributed by atoms with Gasteiger partial charge in [0, 0.05) is 25.1 Å². The number of imide groups is 1. The zero-order chi connectivity index (χ0) is 29.2. The molecule has 0 atom stereocenters. The van der Waals surface area contributed by atoms with E-state index in [1.165, 1.54) is 23.1 Å². The fraction of sp³-hybridized carbons (Fsp3) is 0.355. The van der Waals surface area contributed by atoms with Gasteiger partial charge in [-0.05, 0) is 70.9 Å². The summed E-state index contributed by atoms with van der Waals surface area (Å²) in [5.41, 5.74) is 1.70. The van der Waals surface area contributed by atoms with Crippen molar-refractivity contribution in [2.24, 2.45) is 0 Å². The maximum Gasteiger partial charge on any atom is 0.306 e. The molecule has 1 fully saturated rings. The highest BCUT2D eigenvalue weighted by molar-refractivity contribution is 9.10. The van der Waals surface area contributed by atoms with Crippen molar-refractivity contribution in [2.45, 2.75) is 63.5 Å². The number of ether oxygens (including phenoxy) is 1. The number of unbranched alkanes of at least 4 members (excludes halogenated alkanes) is 2. The predicted octanol–water partition coefficient (Wildman–Crippen LogP) is 4.87. The third kappa shape index (κ3) is 7.98. The number of aromatic nitrogens is 1. The molecule has 1 saturated carbocycles. The van der Waals surface area contributed by atoms with E-state index in [1.54, 1.807) is 18.2 Å². The van der Waals surface area contributed by atoms with E-state index >= 15 is 0 Å². The lowest BCUT2D eigenvalue weighted by Gasteiger charge is -2.31. The highest BCUT2D eigenvalue weighted by atomic mass is 79.9. The third-order valence-electron chi connectivity index (χ3n) is 7.27. The Balaban J connectivity index is 1.27. The van der Waals surface area contributed by atoms with Crippen molar-refractivity contribution in [3.05, 3.63) is 81.6 Å². The molecular weight excluding hydrogens is 588 g/mol. The summed E-state index contributed by atoms with van der Waals surface area (Å²) in [4.78, 5) is 53.9. The lowest BCUT2D eigenvalue weighted by atomic mass is 9.87. The lowest BCUT2D eigenvalue weighted by molar-refractivity contribution is -0.145. The van der Waals surface area contributed by atoms with Gasteiger partial charge in [0.1, 0.15) is 22.9 Å². The van der Waals surface area contributed by atoms with Crippen LogP contribution in [0.5, 0.6) is 0 Å². The molecule has 0 saturated heterocycles. The van der Waals surface area contributed by atoms with Gasteiger partial charge in [0.05, 0.1) is 11.2 Å². The lowest BCUT2D eigenvalue weighted by Crippen LogP contribution is -2.44. The second kappa shape index (κ2) is 14.0. The quantitative estimate of drug-likeness (QED) is 0.0897. The van der Waals surface area contributed by atoms with Gasteiger partial charge < -0.3 is 10.1 Å². The molecule has 212 valence electrons. The van der Waals surface area contributed by atoms with Crippen LogP contribution in [0.4, 0.5) is 0 Å². The summed E-state index contributed by atoms with van der Waals surface area (Å²) >= 11 is 3.30. The van der Waals surface area contributed by atoms with Gasteiger partial charge in [0.25, 0.3) is 17.7 Å². The minimum absolute atomic E-state index is 0.0135. The number of halogens is 1. The molecule has 1 aromatic carbocycles. The largest absolute Gasteiger partial charge is 0.461 e. The first kappa shape index (κ1) is 29.9. The second-order valence-electron chi connectivity index (χ2n) is 10.1. The van der Waals surface area contributed by atoms with E-state index in [0.29, 0.717) is 36.1 Å². The van der Waals surface area contributed by atoms with E-state index in [-0.39, 0.29) is 36.4 Å². The molecule has 0 radical (unpaired) electrons. The number of hydrogen-bond donors (Lipinski definition) is 1. The molecule has 4 rings (SSSR count). The van der Waals surface area contributed by atoms with Crippen molar-refractivity contribution in [1.82, 2.24) is 15.2 Å². The molecule has 1 aliphatic carbocycles. The van der Waals surface area contributed by atoms with Gasteiger partial charge in [-0.2, -0.15) is 5.26 Å². The first-order valence-corrected chi connectivity index (χ1v) is 14.4. The zero-order valence-electron chi connectivity index (χ0n) is 22.6. The normalized spacial score (nSPS) is 16.1. The minimum Gasteiger partial charge on any atom is -0.461 e. The van der Waals surface area contributed by atoms with Crippen molar-refractivity contribution < 1.29 is 23.9 Å². The minimum atomic E-state index is -0.576. The van der Waals surface area contributed by atoms with Crippen LogP contribution in [-0.4, -0.2) is 40.1 Å². The Kier molecular flexibility index (Phi) is 10.2. The van der Waals surface area contributed by atoms with E-state index in [2.05, 4.69) is 26.2 Å². The van der Waals surface area contributed by atoms with Crippen molar-refractivity contribution in [1.29, 1.82) is 5.26 Å². The van der Waals surface area contributed by atoms with Gasteiger partial charge in [-0.25, -0.2) is 4.98 Å². The average Bonchev–Trinajstić information content (AvgIpc) is 3.57. The van der Waals surface area contributed by atoms with E-state index < -0.39 is 11.4 Å². The molecule has 1 N–H and O–H groups in total. The molecule has 9 nitrogen and oxygen atoms in total. The van der Waals surface area contributed by atoms with Crippen LogP contribution in [-0.2, 0) is 36.1 Å². The van der Waals surface area contributed by atoms with Crippen LogP contribution in [0, 0.1) is 11.3 Å². The maximum atomic E-state index is 13.1. The van der Waals surface area contributed by atoms with Crippen molar-refractivity contribution >= 4 is 45.7 Å². The van der Waals surface area contributed by atoms with Gasteiger partial charge in [0.15, 0.2) is 0 Å². The Bertz CT molecular complexity index is 1390. The number of nitriles is 1. The molecule has 0 spiro atoms. The van der Waals surface area contributed by atoms with Crippen LogP contribution in [0.2, 0.25) is 0 Å². The van der Waals surface area contributed by atoms with Crippen molar-refractivity contribution in [2.75, 3.05) is 6.54 Å². The van der Waals surface area contributed by atoms with Crippen LogP contribution in [0.1, 0.15) is 68.2 Å². The summed E-state index contributed by atoms with van der Waals surface area (Å²) in [6.07, 6.45) is 9.67. The number of pyridine rings is 1. The Labute approximate surface area is 247 Å². The fourth-order valence-electron chi connectivity index (χ4n) is 5.07. The predicted molar refractivity (Wildman–Crippen MR) is 154 cm³/mol. The van der Waals surface area contributed by atoms with E-state index in [9.17, 15) is 24.4 Å². The molecule has 41 heavy (non-hydrogen) atoms. The molecule has 2 aliphatic rings. The zero-order valence-corrected chi connectivity index (χ0v) is 24.2. The van der Waals surface area contributed by atoms with Gasteiger partial charge in [-0.15, -0.1) is 0 Å². The number of benzene rings is 1. The van der Waals surface area contributed by atoms with Crippen molar-refractivity contribution in [3.8, 4) is 6.07 Å². The van der Waals surface area contributed by atoms with Gasteiger partial charge >= 0.3 is 5.97 Å². The van der Waals surface area contributed by atoms with Crippen LogP contribution in [0.3, 0.4) is 0 Å². The fourth-order valence-corrected chi connectivity index (χ4v) is 5.43. The highest BCUT2D eigenvalue weighted by Gasteiger charge is 2.37. The Morgan fingerprint density at radius 3 is 2.41 bits per heavy atom. The van der Waals surface area contributed by atoms with Crippen LogP contribution in [0.25, 0.3) is 6.08 Å².